The molecular formula is C45H91NO3. The fraction of sp³-hybridized carbons (Fsp3) is 0.978. The van der Waals surface area contributed by atoms with Gasteiger partial charge in [-0.2, -0.15) is 0 Å². The van der Waals surface area contributed by atoms with E-state index >= 15 is 0 Å². The molecule has 4 heteroatoms. The zero-order chi connectivity index (χ0) is 35.9. The second-order valence-corrected chi connectivity index (χ2v) is 15.7. The summed E-state index contributed by atoms with van der Waals surface area (Å²) in [6.07, 6.45) is 44.3. The number of esters is 1. The summed E-state index contributed by atoms with van der Waals surface area (Å²) in [6, 6.07) is 0. The second-order valence-electron chi connectivity index (χ2n) is 15.7. The summed E-state index contributed by atoms with van der Waals surface area (Å²) in [5.74, 6) is 0.0427. The minimum absolute atomic E-state index is 0.0427. The molecule has 0 radical (unpaired) electrons. The summed E-state index contributed by atoms with van der Waals surface area (Å²) in [4.78, 5) is 15.5. The van der Waals surface area contributed by atoms with Crippen LogP contribution >= 0.6 is 0 Å². The highest BCUT2D eigenvalue weighted by Gasteiger charge is 2.31. The fourth-order valence-electron chi connectivity index (χ4n) is 7.54. The molecule has 0 amide bonds. The highest BCUT2D eigenvalue weighted by Crippen LogP contribution is 2.31. The van der Waals surface area contributed by atoms with Gasteiger partial charge in [0, 0.05) is 13.0 Å². The maximum absolute atomic E-state index is 13.0. The molecule has 0 saturated heterocycles. The number of unbranched alkanes of at least 4 members (excludes halogenated alkanes) is 27. The molecule has 0 saturated carbocycles. The van der Waals surface area contributed by atoms with Crippen molar-refractivity contribution in [3.05, 3.63) is 0 Å². The van der Waals surface area contributed by atoms with Gasteiger partial charge in [0.05, 0.1) is 6.61 Å². The van der Waals surface area contributed by atoms with Crippen LogP contribution in [0.3, 0.4) is 0 Å². The Hall–Kier alpha value is -0.610. The fourth-order valence-corrected chi connectivity index (χ4v) is 7.54. The molecule has 0 aromatic carbocycles. The van der Waals surface area contributed by atoms with Gasteiger partial charge in [0.15, 0.2) is 0 Å². The van der Waals surface area contributed by atoms with Crippen LogP contribution < -0.4 is 0 Å². The van der Waals surface area contributed by atoms with E-state index < -0.39 is 0 Å². The van der Waals surface area contributed by atoms with Crippen LogP contribution in [-0.4, -0.2) is 47.8 Å². The second kappa shape index (κ2) is 38.6. The predicted octanol–water partition coefficient (Wildman–Crippen LogP) is 14.3. The van der Waals surface area contributed by atoms with Crippen molar-refractivity contribution in [2.45, 2.75) is 258 Å². The molecule has 0 aromatic heterocycles. The highest BCUT2D eigenvalue weighted by atomic mass is 16.6. The van der Waals surface area contributed by atoms with E-state index in [0.29, 0.717) is 6.42 Å². The number of ether oxygens (including phenoxy) is 1. The Bertz CT molecular complexity index is 637. The van der Waals surface area contributed by atoms with Gasteiger partial charge in [-0.25, -0.2) is 0 Å². The Morgan fingerprint density at radius 1 is 0.449 bits per heavy atom. The smallest absolute Gasteiger partial charge is 0.306 e. The summed E-state index contributed by atoms with van der Waals surface area (Å²) in [6.45, 7) is 12.4. The molecule has 1 N–H and O–H groups in total. The van der Waals surface area contributed by atoms with Crippen molar-refractivity contribution >= 4 is 5.97 Å². The maximum atomic E-state index is 13.0. The molecule has 49 heavy (non-hydrogen) atoms. The Kier molecular flexibility index (Phi) is 38.1. The van der Waals surface area contributed by atoms with E-state index in [4.69, 9.17) is 4.74 Å². The Labute approximate surface area is 309 Å². The van der Waals surface area contributed by atoms with Gasteiger partial charge in [-0.3, -0.25) is 4.79 Å². The molecule has 0 aliphatic rings. The SMILES string of the molecule is CCCCCCCCCCCCCCCCN(CCO)CCCCCCCC(=O)OC(CC)(CCCCCCCC)CCCCCCCC. The van der Waals surface area contributed by atoms with Crippen molar-refractivity contribution in [3.8, 4) is 0 Å². The molecule has 0 rings (SSSR count). The minimum Gasteiger partial charge on any atom is -0.459 e. The first-order valence-electron chi connectivity index (χ1n) is 22.6. The van der Waals surface area contributed by atoms with Gasteiger partial charge < -0.3 is 14.7 Å². The normalized spacial score (nSPS) is 12.0. The lowest BCUT2D eigenvalue weighted by Crippen LogP contribution is -2.34. The predicted molar refractivity (Wildman–Crippen MR) is 217 cm³/mol. The lowest BCUT2D eigenvalue weighted by molar-refractivity contribution is -0.162. The molecule has 0 aliphatic heterocycles. The van der Waals surface area contributed by atoms with Crippen molar-refractivity contribution in [2.24, 2.45) is 0 Å². The molecule has 0 bridgehead atoms. The number of carbonyl (C=O) groups is 1. The van der Waals surface area contributed by atoms with Crippen molar-refractivity contribution < 1.29 is 14.6 Å². The molecular weight excluding hydrogens is 602 g/mol. The van der Waals surface area contributed by atoms with E-state index in [0.717, 1.165) is 51.7 Å². The number of carbonyl (C=O) groups excluding carboxylic acids is 1. The third kappa shape index (κ3) is 33.0. The van der Waals surface area contributed by atoms with Crippen molar-refractivity contribution in [1.82, 2.24) is 4.90 Å². The molecule has 0 atom stereocenters. The summed E-state index contributed by atoms with van der Waals surface area (Å²) < 4.78 is 6.36. The first-order valence-corrected chi connectivity index (χ1v) is 22.6. The van der Waals surface area contributed by atoms with Gasteiger partial charge in [0.1, 0.15) is 5.60 Å². The van der Waals surface area contributed by atoms with Gasteiger partial charge in [0.25, 0.3) is 0 Å². The largest absolute Gasteiger partial charge is 0.459 e. The molecule has 0 fully saturated rings. The van der Waals surface area contributed by atoms with Gasteiger partial charge >= 0.3 is 5.97 Å². The molecule has 4 nitrogen and oxygen atoms in total. The average Bonchev–Trinajstić information content (AvgIpc) is 3.10. The number of nitrogens with zero attached hydrogens (tertiary/aromatic N) is 1. The number of rotatable bonds is 41. The first-order chi connectivity index (χ1) is 24.1. The van der Waals surface area contributed by atoms with Crippen LogP contribution in [0.5, 0.6) is 0 Å². The zero-order valence-corrected chi connectivity index (χ0v) is 34.3. The van der Waals surface area contributed by atoms with E-state index in [9.17, 15) is 9.90 Å². The van der Waals surface area contributed by atoms with E-state index in [-0.39, 0.29) is 18.2 Å². The lowest BCUT2D eigenvalue weighted by Gasteiger charge is -2.33. The summed E-state index contributed by atoms with van der Waals surface area (Å²) >= 11 is 0. The molecule has 0 heterocycles. The minimum atomic E-state index is -0.240. The van der Waals surface area contributed by atoms with Crippen LogP contribution in [0, 0.1) is 0 Å². The molecule has 0 spiro atoms. The summed E-state index contributed by atoms with van der Waals surface area (Å²) in [7, 11) is 0. The van der Waals surface area contributed by atoms with Crippen molar-refractivity contribution in [3.63, 3.8) is 0 Å². The van der Waals surface area contributed by atoms with Gasteiger partial charge in [-0.05, 0) is 64.5 Å². The van der Waals surface area contributed by atoms with Crippen LogP contribution in [-0.2, 0) is 9.53 Å². The van der Waals surface area contributed by atoms with Crippen LogP contribution in [0.1, 0.15) is 252 Å². The summed E-state index contributed by atoms with van der Waals surface area (Å²) in [5.41, 5.74) is -0.240. The Balaban J connectivity index is 4.13. The number of hydrogen-bond acceptors (Lipinski definition) is 4. The first kappa shape index (κ1) is 48.4. The van der Waals surface area contributed by atoms with Crippen LogP contribution in [0.25, 0.3) is 0 Å². The highest BCUT2D eigenvalue weighted by molar-refractivity contribution is 5.69. The maximum Gasteiger partial charge on any atom is 0.306 e. The average molecular weight is 694 g/mol. The van der Waals surface area contributed by atoms with Crippen molar-refractivity contribution in [2.75, 3.05) is 26.2 Å². The van der Waals surface area contributed by atoms with E-state index in [2.05, 4.69) is 32.6 Å². The van der Waals surface area contributed by atoms with E-state index in [1.807, 2.05) is 0 Å². The number of aliphatic hydroxyl groups is 1. The van der Waals surface area contributed by atoms with Gasteiger partial charge in [-0.1, -0.05) is 195 Å². The molecule has 0 aromatic rings. The lowest BCUT2D eigenvalue weighted by atomic mass is 9.87. The molecule has 294 valence electrons. The van der Waals surface area contributed by atoms with Gasteiger partial charge in [0.2, 0.25) is 0 Å². The monoisotopic (exact) mass is 694 g/mol. The van der Waals surface area contributed by atoms with Crippen LogP contribution in [0.2, 0.25) is 0 Å². The third-order valence-electron chi connectivity index (χ3n) is 11.0. The third-order valence-corrected chi connectivity index (χ3v) is 11.0. The van der Waals surface area contributed by atoms with Gasteiger partial charge in [-0.15, -0.1) is 0 Å². The Morgan fingerprint density at radius 2 is 0.776 bits per heavy atom. The molecule has 0 unspecified atom stereocenters. The van der Waals surface area contributed by atoms with E-state index in [1.54, 1.807) is 0 Å². The number of hydrogen-bond donors (Lipinski definition) is 1. The van der Waals surface area contributed by atoms with E-state index in [1.165, 1.54) is 186 Å². The number of aliphatic hydroxyl groups excluding tert-OH is 1. The van der Waals surface area contributed by atoms with Crippen LogP contribution in [0.4, 0.5) is 0 Å². The van der Waals surface area contributed by atoms with Crippen LogP contribution in [0.15, 0.2) is 0 Å². The molecule has 0 aliphatic carbocycles. The quantitative estimate of drug-likeness (QED) is 0.0511. The standard InChI is InChI=1S/C45H91NO3/c1-5-9-12-15-18-19-20-21-22-23-24-25-30-35-40-46(42-43-47)41-36-31-26-27-32-37-44(48)49-45(8-4,38-33-28-16-13-10-6-2)39-34-29-17-14-11-7-3/h47H,5-43H2,1-4H3. The zero-order valence-electron chi connectivity index (χ0n) is 34.3. The topological polar surface area (TPSA) is 49.8 Å². The summed E-state index contributed by atoms with van der Waals surface area (Å²) in [5, 5.41) is 9.57. The Morgan fingerprint density at radius 3 is 1.12 bits per heavy atom. The van der Waals surface area contributed by atoms with Crippen molar-refractivity contribution in [1.29, 1.82) is 0 Å².